The monoisotopic (exact) mass is 463 g/mol. The quantitative estimate of drug-likeness (QED) is 0.299. The molecule has 0 aliphatic carbocycles. The zero-order chi connectivity index (χ0) is 22.7. The van der Waals surface area contributed by atoms with Gasteiger partial charge in [0, 0.05) is 16.7 Å². The van der Waals surface area contributed by atoms with E-state index in [0.717, 1.165) is 5.69 Å². The van der Waals surface area contributed by atoms with Crippen molar-refractivity contribution in [1.82, 2.24) is 9.78 Å². The zero-order valence-electron chi connectivity index (χ0n) is 16.9. The summed E-state index contributed by atoms with van der Waals surface area (Å²) in [5.74, 6) is -0.131. The molecule has 2 N–H and O–H groups in total. The van der Waals surface area contributed by atoms with Crippen molar-refractivity contribution in [2.45, 2.75) is 20.4 Å². The van der Waals surface area contributed by atoms with Gasteiger partial charge in [-0.2, -0.15) is 5.10 Å². The van der Waals surface area contributed by atoms with Crippen LogP contribution in [0.3, 0.4) is 0 Å². The van der Waals surface area contributed by atoms with Crippen molar-refractivity contribution >= 4 is 46.0 Å². The third-order valence-corrected chi connectivity index (χ3v) is 5.19. The van der Waals surface area contributed by atoms with Gasteiger partial charge in [0.2, 0.25) is 0 Å². The number of methoxy groups -OCH3 is 1. The second-order valence-corrected chi connectivity index (χ2v) is 7.44. The maximum atomic E-state index is 14.2. The van der Waals surface area contributed by atoms with Crippen LogP contribution in [0.15, 0.2) is 36.4 Å². The van der Waals surface area contributed by atoms with Gasteiger partial charge in [0.25, 0.3) is 5.69 Å². The fraction of sp³-hybridized carbons (Fsp3) is 0.200. The number of benzene rings is 2. The molecule has 162 valence electrons. The van der Waals surface area contributed by atoms with Crippen LogP contribution >= 0.6 is 23.8 Å². The molecule has 1 aromatic heterocycles. The normalized spacial score (nSPS) is 10.6. The van der Waals surface area contributed by atoms with Crippen molar-refractivity contribution in [3.63, 3.8) is 0 Å². The van der Waals surface area contributed by atoms with Crippen LogP contribution < -0.4 is 15.4 Å². The predicted molar refractivity (Wildman–Crippen MR) is 122 cm³/mol. The van der Waals surface area contributed by atoms with E-state index in [2.05, 4.69) is 15.7 Å². The third kappa shape index (κ3) is 4.92. The number of hydrogen-bond donors (Lipinski definition) is 2. The molecular weight excluding hydrogens is 445 g/mol. The Morgan fingerprint density at radius 3 is 2.71 bits per heavy atom. The molecule has 0 amide bonds. The topological polar surface area (TPSA) is 94.2 Å². The predicted octanol–water partition coefficient (Wildman–Crippen LogP) is 5.07. The molecule has 0 spiro atoms. The number of aryl methyl sites for hydroxylation is 1. The molecule has 0 atom stereocenters. The largest absolute Gasteiger partial charge is 0.494 e. The smallest absolute Gasteiger partial charge is 0.273 e. The lowest BCUT2D eigenvalue weighted by molar-refractivity contribution is -0.384. The number of thiocarbonyl (C=S) groups is 1. The van der Waals surface area contributed by atoms with Crippen LogP contribution in [0.4, 0.5) is 21.5 Å². The summed E-state index contributed by atoms with van der Waals surface area (Å²) in [5, 5.41) is 22.0. The van der Waals surface area contributed by atoms with Gasteiger partial charge in [-0.25, -0.2) is 4.39 Å². The van der Waals surface area contributed by atoms with E-state index >= 15 is 0 Å². The average molecular weight is 464 g/mol. The lowest BCUT2D eigenvalue weighted by Gasteiger charge is -2.14. The lowest BCUT2D eigenvalue weighted by atomic mass is 10.2. The van der Waals surface area contributed by atoms with E-state index in [1.807, 2.05) is 6.92 Å². The number of aromatic nitrogens is 2. The van der Waals surface area contributed by atoms with Crippen LogP contribution in [0.25, 0.3) is 0 Å². The fourth-order valence-electron chi connectivity index (χ4n) is 3.03. The fourth-order valence-corrected chi connectivity index (χ4v) is 3.46. The Kier molecular flexibility index (Phi) is 6.71. The van der Waals surface area contributed by atoms with Crippen molar-refractivity contribution in [1.29, 1.82) is 0 Å². The molecule has 0 radical (unpaired) electrons. The van der Waals surface area contributed by atoms with E-state index in [-0.39, 0.29) is 23.1 Å². The van der Waals surface area contributed by atoms with Gasteiger partial charge in [-0.3, -0.25) is 14.8 Å². The summed E-state index contributed by atoms with van der Waals surface area (Å²) in [4.78, 5) is 10.4. The van der Waals surface area contributed by atoms with Gasteiger partial charge in [-0.15, -0.1) is 0 Å². The van der Waals surface area contributed by atoms with Gasteiger partial charge in [0.05, 0.1) is 47.4 Å². The molecule has 0 fully saturated rings. The molecule has 2 aromatic carbocycles. The number of rotatable bonds is 6. The Hall–Kier alpha value is -3.24. The summed E-state index contributed by atoms with van der Waals surface area (Å²) >= 11 is 11.5. The van der Waals surface area contributed by atoms with E-state index in [4.69, 9.17) is 28.6 Å². The van der Waals surface area contributed by atoms with Crippen molar-refractivity contribution in [2.24, 2.45) is 0 Å². The van der Waals surface area contributed by atoms with Crippen molar-refractivity contribution in [3.8, 4) is 5.75 Å². The Labute approximate surface area is 188 Å². The number of ether oxygens (including phenoxy) is 1. The Morgan fingerprint density at radius 2 is 2.06 bits per heavy atom. The summed E-state index contributed by atoms with van der Waals surface area (Å²) in [6, 6.07) is 8.68. The standard InChI is InChI=1S/C20H19ClFN5O3S/c1-11-19(12(2)26(25-11)10-14-15(21)5-4-6-16(14)22)24-20(31)23-17-8-7-13(27(28)29)9-18(17)30-3/h4-9H,10H2,1-3H3,(H2,23,24,31). The number of anilines is 2. The molecule has 0 saturated heterocycles. The number of non-ortho nitro benzene ring substituents is 1. The maximum absolute atomic E-state index is 14.2. The van der Waals surface area contributed by atoms with Gasteiger partial charge >= 0.3 is 0 Å². The van der Waals surface area contributed by atoms with Crippen molar-refractivity contribution in [3.05, 3.63) is 74.3 Å². The van der Waals surface area contributed by atoms with Gasteiger partial charge in [-0.05, 0) is 44.3 Å². The van der Waals surface area contributed by atoms with Gasteiger partial charge in [0.15, 0.2) is 5.11 Å². The number of nitrogens with zero attached hydrogens (tertiary/aromatic N) is 3. The molecule has 8 nitrogen and oxygen atoms in total. The van der Waals surface area contributed by atoms with Gasteiger partial charge in [0.1, 0.15) is 11.6 Å². The first-order chi connectivity index (χ1) is 14.7. The third-order valence-electron chi connectivity index (χ3n) is 4.63. The maximum Gasteiger partial charge on any atom is 0.273 e. The summed E-state index contributed by atoms with van der Waals surface area (Å²) in [5.41, 5.74) is 2.76. The molecule has 0 unspecified atom stereocenters. The van der Waals surface area contributed by atoms with E-state index in [1.165, 1.54) is 31.4 Å². The Bertz CT molecular complexity index is 1150. The first kappa shape index (κ1) is 22.4. The number of nitrogens with one attached hydrogen (secondary N) is 2. The van der Waals surface area contributed by atoms with E-state index in [1.54, 1.807) is 23.7 Å². The average Bonchev–Trinajstić information content (AvgIpc) is 2.98. The Balaban J connectivity index is 1.79. The minimum absolute atomic E-state index is 0.0963. The highest BCUT2D eigenvalue weighted by molar-refractivity contribution is 7.80. The molecule has 3 rings (SSSR count). The van der Waals surface area contributed by atoms with Crippen molar-refractivity contribution < 1.29 is 14.1 Å². The molecular formula is C20H19ClFN5O3S. The minimum Gasteiger partial charge on any atom is -0.494 e. The van der Waals surface area contributed by atoms with Crippen LogP contribution in [-0.4, -0.2) is 26.9 Å². The van der Waals surface area contributed by atoms with E-state index in [9.17, 15) is 14.5 Å². The molecule has 0 aliphatic heterocycles. The Morgan fingerprint density at radius 1 is 1.32 bits per heavy atom. The minimum atomic E-state index is -0.508. The molecule has 11 heteroatoms. The molecule has 0 aliphatic rings. The zero-order valence-corrected chi connectivity index (χ0v) is 18.5. The van der Waals surface area contributed by atoms with Crippen LogP contribution in [0.1, 0.15) is 17.0 Å². The number of nitro benzene ring substituents is 1. The number of nitro groups is 1. The highest BCUT2D eigenvalue weighted by atomic mass is 35.5. The van der Waals surface area contributed by atoms with Crippen molar-refractivity contribution in [2.75, 3.05) is 17.7 Å². The number of hydrogen-bond acceptors (Lipinski definition) is 5. The molecule has 31 heavy (non-hydrogen) atoms. The van der Waals surface area contributed by atoms with Gasteiger partial charge in [-0.1, -0.05) is 17.7 Å². The molecule has 0 bridgehead atoms. The second kappa shape index (κ2) is 9.27. The summed E-state index contributed by atoms with van der Waals surface area (Å²) in [6.45, 7) is 3.78. The highest BCUT2D eigenvalue weighted by Gasteiger charge is 2.17. The summed E-state index contributed by atoms with van der Waals surface area (Å²) in [6.07, 6.45) is 0. The molecule has 1 heterocycles. The van der Waals surface area contributed by atoms with Crippen LogP contribution in [0.5, 0.6) is 5.75 Å². The van der Waals surface area contributed by atoms with Crippen LogP contribution in [0, 0.1) is 29.8 Å². The van der Waals surface area contributed by atoms with E-state index < -0.39 is 10.7 Å². The first-order valence-electron chi connectivity index (χ1n) is 9.08. The van der Waals surface area contributed by atoms with Crippen LogP contribution in [0.2, 0.25) is 5.02 Å². The number of halogens is 2. The molecule has 0 saturated carbocycles. The summed E-state index contributed by atoms with van der Waals surface area (Å²) in [7, 11) is 1.41. The summed E-state index contributed by atoms with van der Waals surface area (Å²) < 4.78 is 21.0. The second-order valence-electron chi connectivity index (χ2n) is 6.62. The van der Waals surface area contributed by atoms with Crippen LogP contribution in [-0.2, 0) is 6.54 Å². The lowest BCUT2D eigenvalue weighted by Crippen LogP contribution is -2.20. The highest BCUT2D eigenvalue weighted by Crippen LogP contribution is 2.30. The first-order valence-corrected chi connectivity index (χ1v) is 9.87. The van der Waals surface area contributed by atoms with Gasteiger partial charge < -0.3 is 15.4 Å². The molecule has 3 aromatic rings. The SMILES string of the molecule is COc1cc([N+](=O)[O-])ccc1NC(=S)Nc1c(C)nn(Cc2c(F)cccc2Cl)c1C. The van der Waals surface area contributed by atoms with E-state index in [0.29, 0.717) is 27.7 Å².